The van der Waals surface area contributed by atoms with E-state index in [-0.39, 0.29) is 6.61 Å². The highest BCUT2D eigenvalue weighted by Crippen LogP contribution is 2.21. The lowest BCUT2D eigenvalue weighted by atomic mass is 10.1. The van der Waals surface area contributed by atoms with Crippen LogP contribution in [-0.2, 0) is 13.0 Å². The molecule has 2 rings (SSSR count). The fraction of sp³-hybridized carbons (Fsp3) is 0.667. The number of nitrogens with zero attached hydrogens (tertiary/aromatic N) is 3. The van der Waals surface area contributed by atoms with Gasteiger partial charge in [-0.3, -0.25) is 4.90 Å². The molecule has 0 aromatic carbocycles. The fourth-order valence-electron chi connectivity index (χ4n) is 2.66. The molecule has 106 valence electrons. The van der Waals surface area contributed by atoms with Crippen molar-refractivity contribution in [2.24, 2.45) is 0 Å². The smallest absolute Gasteiger partial charge is 0.129 e. The maximum Gasteiger partial charge on any atom is 0.129 e. The first-order chi connectivity index (χ1) is 9.05. The summed E-state index contributed by atoms with van der Waals surface area (Å²) in [4.78, 5) is 9.46. The summed E-state index contributed by atoms with van der Waals surface area (Å²) in [6.07, 6.45) is 0.902. The zero-order chi connectivity index (χ0) is 14.0. The Morgan fingerprint density at radius 3 is 2.42 bits per heavy atom. The molecule has 0 bridgehead atoms. The summed E-state index contributed by atoms with van der Waals surface area (Å²) in [6.45, 7) is 8.67. The third kappa shape index (κ3) is 3.07. The second-order valence-corrected chi connectivity index (χ2v) is 5.61. The minimum absolute atomic E-state index is 0.0847. The predicted octanol–water partition coefficient (Wildman–Crippen LogP) is 1.67. The number of aromatic nitrogens is 1. The van der Waals surface area contributed by atoms with Crippen LogP contribution >= 0.6 is 0 Å². The van der Waals surface area contributed by atoms with Crippen molar-refractivity contribution >= 4 is 5.82 Å². The SMILES string of the molecule is CCc1cc(CO)cc(N2CC(C)N(C)C(C)C2)n1. The molecule has 1 fully saturated rings. The highest BCUT2D eigenvalue weighted by molar-refractivity contribution is 5.43. The van der Waals surface area contributed by atoms with Crippen LogP contribution < -0.4 is 4.90 Å². The summed E-state index contributed by atoms with van der Waals surface area (Å²) in [5.41, 5.74) is 2.02. The summed E-state index contributed by atoms with van der Waals surface area (Å²) < 4.78 is 0. The minimum atomic E-state index is 0.0847. The van der Waals surface area contributed by atoms with Gasteiger partial charge in [0.15, 0.2) is 0 Å². The van der Waals surface area contributed by atoms with Crippen LogP contribution in [0.4, 0.5) is 5.82 Å². The van der Waals surface area contributed by atoms with Crippen molar-refractivity contribution in [3.8, 4) is 0 Å². The van der Waals surface area contributed by atoms with Gasteiger partial charge in [-0.25, -0.2) is 4.98 Å². The molecule has 19 heavy (non-hydrogen) atoms. The van der Waals surface area contributed by atoms with Crippen molar-refractivity contribution in [3.63, 3.8) is 0 Å². The summed E-state index contributed by atoms with van der Waals surface area (Å²) in [7, 11) is 2.18. The van der Waals surface area contributed by atoms with Crippen LogP contribution in [0.3, 0.4) is 0 Å². The van der Waals surface area contributed by atoms with Gasteiger partial charge < -0.3 is 10.0 Å². The molecule has 4 heteroatoms. The monoisotopic (exact) mass is 263 g/mol. The third-order valence-corrected chi connectivity index (χ3v) is 4.15. The molecule has 0 saturated carbocycles. The van der Waals surface area contributed by atoms with E-state index in [0.717, 1.165) is 36.6 Å². The summed E-state index contributed by atoms with van der Waals surface area (Å²) in [6, 6.07) is 5.05. The van der Waals surface area contributed by atoms with Crippen LogP contribution in [0.15, 0.2) is 12.1 Å². The maximum atomic E-state index is 9.37. The van der Waals surface area contributed by atoms with E-state index in [1.807, 2.05) is 12.1 Å². The highest BCUT2D eigenvalue weighted by atomic mass is 16.3. The number of anilines is 1. The molecule has 1 aliphatic heterocycles. The number of rotatable bonds is 3. The van der Waals surface area contributed by atoms with Gasteiger partial charge in [0.2, 0.25) is 0 Å². The standard InChI is InChI=1S/C15H25N3O/c1-5-14-6-13(10-19)7-15(16-14)18-8-11(2)17(4)12(3)9-18/h6-7,11-12,19H,5,8-10H2,1-4H3. The lowest BCUT2D eigenvalue weighted by Gasteiger charge is -2.43. The van der Waals surface area contributed by atoms with Crippen molar-refractivity contribution in [1.82, 2.24) is 9.88 Å². The molecule has 2 unspecified atom stereocenters. The third-order valence-electron chi connectivity index (χ3n) is 4.15. The molecule has 1 saturated heterocycles. The lowest BCUT2D eigenvalue weighted by Crippen LogP contribution is -2.55. The molecule has 1 N–H and O–H groups in total. The molecule has 0 spiro atoms. The lowest BCUT2D eigenvalue weighted by molar-refractivity contribution is 0.169. The average Bonchev–Trinajstić information content (AvgIpc) is 2.43. The van der Waals surface area contributed by atoms with E-state index in [1.165, 1.54) is 0 Å². The van der Waals surface area contributed by atoms with Gasteiger partial charge in [0, 0.05) is 30.9 Å². The van der Waals surface area contributed by atoms with Crippen LogP contribution in [0.5, 0.6) is 0 Å². The van der Waals surface area contributed by atoms with Crippen molar-refractivity contribution in [3.05, 3.63) is 23.4 Å². The zero-order valence-electron chi connectivity index (χ0n) is 12.4. The molecule has 1 aromatic rings. The molecule has 0 amide bonds. The van der Waals surface area contributed by atoms with Crippen molar-refractivity contribution in [1.29, 1.82) is 0 Å². The number of hydrogen-bond donors (Lipinski definition) is 1. The Labute approximate surface area is 116 Å². The number of piperazine rings is 1. The normalized spacial score (nSPS) is 24.8. The van der Waals surface area contributed by atoms with Crippen LogP contribution in [-0.4, -0.2) is 47.2 Å². The summed E-state index contributed by atoms with van der Waals surface area (Å²) in [5.74, 6) is 1.01. The molecule has 2 atom stereocenters. The fourth-order valence-corrected chi connectivity index (χ4v) is 2.66. The van der Waals surface area contributed by atoms with Crippen LogP contribution in [0.25, 0.3) is 0 Å². The first-order valence-corrected chi connectivity index (χ1v) is 7.12. The largest absolute Gasteiger partial charge is 0.392 e. The summed E-state index contributed by atoms with van der Waals surface area (Å²) in [5, 5.41) is 9.37. The van der Waals surface area contributed by atoms with E-state index in [1.54, 1.807) is 0 Å². The molecule has 1 aromatic heterocycles. The highest BCUT2D eigenvalue weighted by Gasteiger charge is 2.27. The average molecular weight is 263 g/mol. The molecule has 1 aliphatic rings. The predicted molar refractivity (Wildman–Crippen MR) is 78.4 cm³/mol. The number of hydrogen-bond acceptors (Lipinski definition) is 4. The molecule has 4 nitrogen and oxygen atoms in total. The van der Waals surface area contributed by atoms with E-state index >= 15 is 0 Å². The molecule has 2 heterocycles. The Kier molecular flexibility index (Phi) is 4.42. The molecular formula is C15H25N3O. The van der Waals surface area contributed by atoms with Gasteiger partial charge in [0.05, 0.1) is 6.61 Å². The molecule has 0 radical (unpaired) electrons. The van der Waals surface area contributed by atoms with Gasteiger partial charge in [-0.1, -0.05) is 6.92 Å². The van der Waals surface area contributed by atoms with Gasteiger partial charge >= 0.3 is 0 Å². The quantitative estimate of drug-likeness (QED) is 0.900. The Morgan fingerprint density at radius 1 is 1.26 bits per heavy atom. The van der Waals surface area contributed by atoms with E-state index in [9.17, 15) is 5.11 Å². The number of pyridine rings is 1. The Morgan fingerprint density at radius 2 is 1.89 bits per heavy atom. The van der Waals surface area contributed by atoms with E-state index < -0.39 is 0 Å². The topological polar surface area (TPSA) is 39.6 Å². The second kappa shape index (κ2) is 5.88. The molecular weight excluding hydrogens is 238 g/mol. The van der Waals surface area contributed by atoms with Gasteiger partial charge in [-0.05, 0) is 45.0 Å². The Bertz CT molecular complexity index is 401. The first-order valence-electron chi connectivity index (χ1n) is 7.12. The van der Waals surface area contributed by atoms with Crippen molar-refractivity contribution in [2.75, 3.05) is 25.0 Å². The van der Waals surface area contributed by atoms with E-state index in [0.29, 0.717) is 12.1 Å². The molecule has 0 aliphatic carbocycles. The van der Waals surface area contributed by atoms with Crippen molar-refractivity contribution < 1.29 is 5.11 Å². The van der Waals surface area contributed by atoms with Crippen LogP contribution in [0.2, 0.25) is 0 Å². The van der Waals surface area contributed by atoms with Gasteiger partial charge in [0.1, 0.15) is 5.82 Å². The van der Waals surface area contributed by atoms with Crippen LogP contribution in [0, 0.1) is 0 Å². The Balaban J connectivity index is 2.26. The number of aliphatic hydroxyl groups is 1. The van der Waals surface area contributed by atoms with Crippen LogP contribution in [0.1, 0.15) is 32.0 Å². The van der Waals surface area contributed by atoms with E-state index in [2.05, 4.69) is 37.6 Å². The Hall–Kier alpha value is -1.13. The maximum absolute atomic E-state index is 9.37. The minimum Gasteiger partial charge on any atom is -0.392 e. The van der Waals surface area contributed by atoms with E-state index in [4.69, 9.17) is 4.98 Å². The number of aryl methyl sites for hydroxylation is 1. The number of likely N-dealkylation sites (N-methyl/N-ethyl adjacent to an activating group) is 1. The van der Waals surface area contributed by atoms with Gasteiger partial charge in [-0.15, -0.1) is 0 Å². The van der Waals surface area contributed by atoms with Gasteiger partial charge in [-0.2, -0.15) is 0 Å². The first kappa shape index (κ1) is 14.3. The number of aliphatic hydroxyl groups excluding tert-OH is 1. The second-order valence-electron chi connectivity index (χ2n) is 5.61. The van der Waals surface area contributed by atoms with Gasteiger partial charge in [0.25, 0.3) is 0 Å². The van der Waals surface area contributed by atoms with Crippen molar-refractivity contribution in [2.45, 2.75) is 45.9 Å². The zero-order valence-corrected chi connectivity index (χ0v) is 12.4. The summed E-state index contributed by atoms with van der Waals surface area (Å²) >= 11 is 0.